The Hall–Kier alpha value is -3.35. The first-order chi connectivity index (χ1) is 13.6. The molecule has 2 aromatic carbocycles. The Morgan fingerprint density at radius 2 is 1.96 bits per heavy atom. The number of hydrazine groups is 1. The molecule has 1 unspecified atom stereocenters. The van der Waals surface area contributed by atoms with Crippen molar-refractivity contribution in [2.24, 2.45) is 0 Å². The zero-order chi connectivity index (χ0) is 19.5. The molecule has 4 N–H and O–H groups in total. The van der Waals surface area contributed by atoms with Crippen LogP contribution in [0.4, 0.5) is 17.3 Å². The minimum Gasteiger partial charge on any atom is -0.393 e. The molecule has 7 nitrogen and oxygen atoms in total. The number of nitrogens with zero attached hydrogens (tertiary/aromatic N) is 3. The molecule has 28 heavy (non-hydrogen) atoms. The summed E-state index contributed by atoms with van der Waals surface area (Å²) in [6.07, 6.45) is 4.92. The largest absolute Gasteiger partial charge is 0.393 e. The first-order valence-corrected chi connectivity index (χ1v) is 9.56. The number of anilines is 3. The second kappa shape index (κ2) is 7.72. The third kappa shape index (κ3) is 3.43. The number of nitrogens with two attached hydrogens (primary N) is 1. The number of nitrogens with one attached hydrogen (secondary N) is 2. The summed E-state index contributed by atoms with van der Waals surface area (Å²) in [5.41, 5.74) is 12.9. The molecule has 4 rings (SSSR count). The van der Waals surface area contributed by atoms with Gasteiger partial charge in [0.25, 0.3) is 5.91 Å². The van der Waals surface area contributed by atoms with E-state index < -0.39 is 0 Å². The van der Waals surface area contributed by atoms with Crippen molar-refractivity contribution in [3.05, 3.63) is 54.4 Å². The van der Waals surface area contributed by atoms with Gasteiger partial charge in [0.2, 0.25) is 0 Å². The summed E-state index contributed by atoms with van der Waals surface area (Å²) in [7, 11) is 0. The second-order valence-corrected chi connectivity index (χ2v) is 7.10. The van der Waals surface area contributed by atoms with E-state index in [0.717, 1.165) is 30.2 Å². The normalized spacial score (nSPS) is 16.8. The lowest BCUT2D eigenvalue weighted by molar-refractivity contribution is 0.0964. The summed E-state index contributed by atoms with van der Waals surface area (Å²) >= 11 is 0. The van der Waals surface area contributed by atoms with Gasteiger partial charge in [-0.2, -0.15) is 0 Å². The lowest BCUT2D eigenvalue weighted by Crippen LogP contribution is -2.39. The maximum atomic E-state index is 12.7. The third-order valence-electron chi connectivity index (χ3n) is 5.27. The smallest absolute Gasteiger partial charge is 0.270 e. The molecule has 7 heteroatoms. The summed E-state index contributed by atoms with van der Waals surface area (Å²) in [4.78, 5) is 23.5. The van der Waals surface area contributed by atoms with Crippen LogP contribution >= 0.6 is 0 Å². The fourth-order valence-electron chi connectivity index (χ4n) is 3.73. The first-order valence-electron chi connectivity index (χ1n) is 9.56. The Kier molecular flexibility index (Phi) is 4.97. The fourth-order valence-corrected chi connectivity index (χ4v) is 3.73. The number of rotatable bonds is 4. The monoisotopic (exact) mass is 376 g/mol. The molecule has 2 heterocycles. The molecule has 1 amide bonds. The van der Waals surface area contributed by atoms with Gasteiger partial charge in [0.1, 0.15) is 12.0 Å². The van der Waals surface area contributed by atoms with E-state index in [1.165, 1.54) is 12.7 Å². The number of piperidine rings is 1. The average molecular weight is 376 g/mol. The lowest BCUT2D eigenvalue weighted by Gasteiger charge is -2.35. The van der Waals surface area contributed by atoms with Gasteiger partial charge in [0, 0.05) is 18.2 Å². The van der Waals surface area contributed by atoms with Crippen molar-refractivity contribution in [3.8, 4) is 0 Å². The standard InChI is InChI=1S/C21H24N6O/c1-14-7-4-5-12-27(14)20-18(22)19(23-13-24-20)25-26-21(28)17-11-6-9-15-8-2-3-10-16(15)17/h2-3,6,8-11,13-14H,4-5,7,12,22H2,1H3,(H,26,28)(H,23,24,25). The Labute approximate surface area is 163 Å². The van der Waals surface area contributed by atoms with Crippen molar-refractivity contribution in [1.29, 1.82) is 0 Å². The van der Waals surface area contributed by atoms with Crippen LogP contribution in [0.5, 0.6) is 0 Å². The Bertz CT molecular complexity index is 1000. The third-order valence-corrected chi connectivity index (χ3v) is 5.27. The minimum absolute atomic E-state index is 0.247. The van der Waals surface area contributed by atoms with Crippen molar-refractivity contribution in [2.75, 3.05) is 22.6 Å². The van der Waals surface area contributed by atoms with E-state index in [1.54, 1.807) is 6.07 Å². The second-order valence-electron chi connectivity index (χ2n) is 7.10. The summed E-state index contributed by atoms with van der Waals surface area (Å²) in [6, 6.07) is 13.8. The zero-order valence-corrected chi connectivity index (χ0v) is 15.9. The highest BCUT2D eigenvalue weighted by Crippen LogP contribution is 2.30. The van der Waals surface area contributed by atoms with Gasteiger partial charge in [0.15, 0.2) is 11.6 Å². The fraction of sp³-hybridized carbons (Fsp3) is 0.286. The maximum absolute atomic E-state index is 12.7. The molecule has 1 fully saturated rings. The number of carbonyl (C=O) groups excluding carboxylic acids is 1. The predicted molar refractivity (Wildman–Crippen MR) is 112 cm³/mol. The molecule has 1 saturated heterocycles. The van der Waals surface area contributed by atoms with Crippen molar-refractivity contribution >= 4 is 34.0 Å². The molecule has 0 bridgehead atoms. The van der Waals surface area contributed by atoms with Crippen LogP contribution in [0.3, 0.4) is 0 Å². The van der Waals surface area contributed by atoms with Crippen LogP contribution in [0.1, 0.15) is 36.5 Å². The summed E-state index contributed by atoms with van der Waals surface area (Å²) < 4.78 is 0. The SMILES string of the molecule is CC1CCCCN1c1ncnc(NNC(=O)c2cccc3ccccc23)c1N. The van der Waals surface area contributed by atoms with E-state index in [9.17, 15) is 4.79 Å². The van der Waals surface area contributed by atoms with E-state index in [-0.39, 0.29) is 5.91 Å². The quantitative estimate of drug-likeness (QED) is 0.604. The molecule has 1 aromatic heterocycles. The molecule has 0 aliphatic carbocycles. The molecule has 0 saturated carbocycles. The molecule has 0 radical (unpaired) electrons. The van der Waals surface area contributed by atoms with Gasteiger partial charge in [-0.1, -0.05) is 36.4 Å². The average Bonchev–Trinajstić information content (AvgIpc) is 2.73. The Morgan fingerprint density at radius 3 is 2.82 bits per heavy atom. The number of hydrogen-bond donors (Lipinski definition) is 3. The summed E-state index contributed by atoms with van der Waals surface area (Å²) in [5, 5.41) is 1.90. The van der Waals surface area contributed by atoms with Gasteiger partial charge in [-0.3, -0.25) is 15.6 Å². The van der Waals surface area contributed by atoms with Gasteiger partial charge in [-0.15, -0.1) is 0 Å². The lowest BCUT2D eigenvalue weighted by atomic mass is 10.0. The highest BCUT2D eigenvalue weighted by Gasteiger charge is 2.23. The van der Waals surface area contributed by atoms with Crippen molar-refractivity contribution < 1.29 is 4.79 Å². The molecular formula is C21H24N6O. The van der Waals surface area contributed by atoms with Crippen LogP contribution in [0.15, 0.2) is 48.8 Å². The number of aromatic nitrogens is 2. The van der Waals surface area contributed by atoms with Gasteiger partial charge in [-0.25, -0.2) is 9.97 Å². The molecule has 1 aliphatic heterocycles. The molecule has 144 valence electrons. The molecule has 0 spiro atoms. The maximum Gasteiger partial charge on any atom is 0.270 e. The number of nitrogen functional groups attached to an aromatic ring is 1. The van der Waals surface area contributed by atoms with E-state index in [2.05, 4.69) is 32.6 Å². The number of fused-ring (bicyclic) bond motifs is 1. The van der Waals surface area contributed by atoms with Crippen LogP contribution in [-0.4, -0.2) is 28.5 Å². The minimum atomic E-state index is -0.247. The first kappa shape index (κ1) is 18.0. The van der Waals surface area contributed by atoms with Gasteiger partial charge < -0.3 is 10.6 Å². The van der Waals surface area contributed by atoms with Gasteiger partial charge >= 0.3 is 0 Å². The van der Waals surface area contributed by atoms with Gasteiger partial charge in [0.05, 0.1) is 0 Å². The molecular weight excluding hydrogens is 352 g/mol. The van der Waals surface area contributed by atoms with Crippen LogP contribution in [0, 0.1) is 0 Å². The van der Waals surface area contributed by atoms with Crippen LogP contribution in [0.25, 0.3) is 10.8 Å². The van der Waals surface area contributed by atoms with Crippen molar-refractivity contribution in [1.82, 2.24) is 15.4 Å². The Morgan fingerprint density at radius 1 is 1.14 bits per heavy atom. The molecule has 1 aliphatic rings. The summed E-state index contributed by atoms with van der Waals surface area (Å²) in [5.74, 6) is 0.864. The van der Waals surface area contributed by atoms with E-state index in [1.807, 2.05) is 36.4 Å². The van der Waals surface area contributed by atoms with Crippen molar-refractivity contribution in [2.45, 2.75) is 32.2 Å². The van der Waals surface area contributed by atoms with Crippen LogP contribution < -0.4 is 21.5 Å². The van der Waals surface area contributed by atoms with Crippen LogP contribution in [0.2, 0.25) is 0 Å². The zero-order valence-electron chi connectivity index (χ0n) is 15.9. The molecule has 1 atom stereocenters. The highest BCUT2D eigenvalue weighted by atomic mass is 16.2. The van der Waals surface area contributed by atoms with E-state index in [0.29, 0.717) is 28.9 Å². The number of amides is 1. The van der Waals surface area contributed by atoms with Crippen LogP contribution in [-0.2, 0) is 0 Å². The number of carbonyl (C=O) groups is 1. The van der Waals surface area contributed by atoms with Crippen molar-refractivity contribution in [3.63, 3.8) is 0 Å². The number of benzene rings is 2. The molecule has 3 aromatic rings. The summed E-state index contributed by atoms with van der Waals surface area (Å²) in [6.45, 7) is 3.10. The highest BCUT2D eigenvalue weighted by molar-refractivity contribution is 6.07. The van der Waals surface area contributed by atoms with Gasteiger partial charge in [-0.05, 0) is 43.0 Å². The number of hydrogen-bond acceptors (Lipinski definition) is 6. The topological polar surface area (TPSA) is 96.2 Å². The Balaban J connectivity index is 1.53. The van der Waals surface area contributed by atoms with E-state index >= 15 is 0 Å². The predicted octanol–water partition coefficient (Wildman–Crippen LogP) is 3.35. The van der Waals surface area contributed by atoms with E-state index in [4.69, 9.17) is 5.73 Å².